The summed E-state index contributed by atoms with van der Waals surface area (Å²) in [6.07, 6.45) is 2.88. The Morgan fingerprint density at radius 2 is 2.19 bits per heavy atom. The van der Waals surface area contributed by atoms with E-state index in [0.717, 1.165) is 44.7 Å². The summed E-state index contributed by atoms with van der Waals surface area (Å²) >= 11 is 0. The van der Waals surface area contributed by atoms with Crippen LogP contribution >= 0.6 is 0 Å². The molecule has 0 atom stereocenters. The van der Waals surface area contributed by atoms with Crippen molar-refractivity contribution in [3.05, 3.63) is 11.4 Å². The first-order valence-electron chi connectivity index (χ1n) is 5.93. The fourth-order valence-electron chi connectivity index (χ4n) is 1.64. The first-order chi connectivity index (χ1) is 7.83. The third kappa shape index (κ3) is 3.57. The minimum Gasteiger partial charge on any atom is -0.390 e. The van der Waals surface area contributed by atoms with E-state index in [2.05, 4.69) is 17.2 Å². The van der Waals surface area contributed by atoms with E-state index in [0.29, 0.717) is 5.69 Å². The standard InChI is InChI=1S/C11H21N3O2/c1-3-6-11-10(9-15)12-13-14(11)7-5-8-16-4-2/h15H,3-9H2,1-2H3. The maximum atomic E-state index is 9.13. The summed E-state index contributed by atoms with van der Waals surface area (Å²) in [5.74, 6) is 0. The number of aromatic nitrogens is 3. The first kappa shape index (κ1) is 13.1. The maximum Gasteiger partial charge on any atom is 0.111 e. The van der Waals surface area contributed by atoms with Crippen molar-refractivity contribution in [3.8, 4) is 0 Å². The van der Waals surface area contributed by atoms with E-state index in [1.807, 2.05) is 11.6 Å². The lowest BCUT2D eigenvalue weighted by molar-refractivity contribution is 0.140. The van der Waals surface area contributed by atoms with Crippen molar-refractivity contribution in [1.82, 2.24) is 15.0 Å². The molecule has 1 heterocycles. The van der Waals surface area contributed by atoms with Gasteiger partial charge in [0.25, 0.3) is 0 Å². The fourth-order valence-corrected chi connectivity index (χ4v) is 1.64. The third-order valence-electron chi connectivity index (χ3n) is 2.42. The first-order valence-corrected chi connectivity index (χ1v) is 5.93. The van der Waals surface area contributed by atoms with Crippen molar-refractivity contribution in [2.24, 2.45) is 0 Å². The van der Waals surface area contributed by atoms with Crippen LogP contribution < -0.4 is 0 Å². The smallest absolute Gasteiger partial charge is 0.111 e. The zero-order valence-corrected chi connectivity index (χ0v) is 10.1. The van der Waals surface area contributed by atoms with Gasteiger partial charge in [-0.3, -0.25) is 0 Å². The molecule has 0 radical (unpaired) electrons. The van der Waals surface area contributed by atoms with Crippen LogP contribution in [0.15, 0.2) is 0 Å². The van der Waals surface area contributed by atoms with E-state index < -0.39 is 0 Å². The minimum atomic E-state index is -0.0270. The lowest BCUT2D eigenvalue weighted by Crippen LogP contribution is -2.08. The van der Waals surface area contributed by atoms with Crippen LogP contribution in [-0.4, -0.2) is 33.3 Å². The van der Waals surface area contributed by atoms with Crippen molar-refractivity contribution in [2.45, 2.75) is 46.3 Å². The van der Waals surface area contributed by atoms with Crippen LogP contribution in [0.3, 0.4) is 0 Å². The average Bonchev–Trinajstić information content (AvgIpc) is 2.68. The number of nitrogens with zero attached hydrogens (tertiary/aromatic N) is 3. The molecule has 1 aromatic rings. The van der Waals surface area contributed by atoms with Crippen molar-refractivity contribution in [1.29, 1.82) is 0 Å². The van der Waals surface area contributed by atoms with Gasteiger partial charge in [0.2, 0.25) is 0 Å². The zero-order valence-electron chi connectivity index (χ0n) is 10.1. The molecule has 1 N–H and O–H groups in total. The van der Waals surface area contributed by atoms with E-state index in [9.17, 15) is 0 Å². The highest BCUT2D eigenvalue weighted by Crippen LogP contribution is 2.09. The Bertz CT molecular complexity index is 299. The molecule has 0 aliphatic heterocycles. The van der Waals surface area contributed by atoms with Gasteiger partial charge < -0.3 is 9.84 Å². The molecule has 0 spiro atoms. The van der Waals surface area contributed by atoms with E-state index in [1.54, 1.807) is 0 Å². The number of hydrogen-bond acceptors (Lipinski definition) is 4. The van der Waals surface area contributed by atoms with Gasteiger partial charge in [0.1, 0.15) is 5.69 Å². The molecular weight excluding hydrogens is 206 g/mol. The molecule has 16 heavy (non-hydrogen) atoms. The molecule has 0 aliphatic carbocycles. The lowest BCUT2D eigenvalue weighted by atomic mass is 10.2. The summed E-state index contributed by atoms with van der Waals surface area (Å²) in [5.41, 5.74) is 1.76. The summed E-state index contributed by atoms with van der Waals surface area (Å²) < 4.78 is 7.16. The minimum absolute atomic E-state index is 0.0270. The summed E-state index contributed by atoms with van der Waals surface area (Å²) in [7, 11) is 0. The quantitative estimate of drug-likeness (QED) is 0.677. The fraction of sp³-hybridized carbons (Fsp3) is 0.818. The third-order valence-corrected chi connectivity index (χ3v) is 2.42. The second kappa shape index (κ2) is 7.35. The molecule has 0 aliphatic rings. The van der Waals surface area contributed by atoms with E-state index >= 15 is 0 Å². The number of ether oxygens (including phenoxy) is 1. The summed E-state index contributed by atoms with van der Waals surface area (Å²) in [5, 5.41) is 17.2. The van der Waals surface area contributed by atoms with Gasteiger partial charge in [0, 0.05) is 19.8 Å². The van der Waals surface area contributed by atoms with E-state index in [-0.39, 0.29) is 6.61 Å². The molecular formula is C11H21N3O2. The Labute approximate surface area is 96.4 Å². The predicted octanol–water partition coefficient (Wildman–Crippen LogP) is 1.15. The molecule has 0 amide bonds. The Morgan fingerprint density at radius 3 is 2.81 bits per heavy atom. The highest BCUT2D eigenvalue weighted by Gasteiger charge is 2.10. The Hall–Kier alpha value is -0.940. The van der Waals surface area contributed by atoms with Gasteiger partial charge in [0.15, 0.2) is 0 Å². The molecule has 1 aromatic heterocycles. The largest absolute Gasteiger partial charge is 0.390 e. The monoisotopic (exact) mass is 227 g/mol. The number of aryl methyl sites for hydroxylation is 1. The van der Waals surface area contributed by atoms with Gasteiger partial charge >= 0.3 is 0 Å². The summed E-state index contributed by atoms with van der Waals surface area (Å²) in [6.45, 7) is 6.38. The van der Waals surface area contributed by atoms with Gasteiger partial charge in [0.05, 0.1) is 12.3 Å². The Morgan fingerprint density at radius 1 is 1.38 bits per heavy atom. The van der Waals surface area contributed by atoms with Crippen molar-refractivity contribution < 1.29 is 9.84 Å². The Kier molecular flexibility index (Phi) is 6.03. The van der Waals surface area contributed by atoms with Crippen molar-refractivity contribution in [3.63, 3.8) is 0 Å². The molecule has 92 valence electrons. The van der Waals surface area contributed by atoms with Crippen LogP contribution in [0.5, 0.6) is 0 Å². The van der Waals surface area contributed by atoms with Crippen LogP contribution in [0.4, 0.5) is 0 Å². The molecule has 5 heteroatoms. The van der Waals surface area contributed by atoms with Crippen molar-refractivity contribution in [2.75, 3.05) is 13.2 Å². The number of aliphatic hydroxyl groups excluding tert-OH is 1. The van der Waals surface area contributed by atoms with Gasteiger partial charge in [-0.25, -0.2) is 4.68 Å². The van der Waals surface area contributed by atoms with Crippen LogP contribution in [0, 0.1) is 0 Å². The van der Waals surface area contributed by atoms with Gasteiger partial charge in [-0.1, -0.05) is 18.6 Å². The summed E-state index contributed by atoms with van der Waals surface area (Å²) in [4.78, 5) is 0. The molecule has 0 fully saturated rings. The van der Waals surface area contributed by atoms with Gasteiger partial charge in [-0.05, 0) is 19.8 Å². The lowest BCUT2D eigenvalue weighted by Gasteiger charge is -2.06. The predicted molar refractivity (Wildman–Crippen MR) is 61.0 cm³/mol. The number of rotatable bonds is 8. The highest BCUT2D eigenvalue weighted by molar-refractivity contribution is 5.09. The van der Waals surface area contributed by atoms with Gasteiger partial charge in [-0.15, -0.1) is 5.10 Å². The SMILES string of the molecule is CCCc1c(CO)nnn1CCCOCC. The summed E-state index contributed by atoms with van der Waals surface area (Å²) in [6, 6.07) is 0. The second-order valence-electron chi connectivity index (χ2n) is 3.66. The van der Waals surface area contributed by atoms with Crippen LogP contribution in [-0.2, 0) is 24.3 Å². The molecule has 0 saturated carbocycles. The van der Waals surface area contributed by atoms with Crippen LogP contribution in [0.2, 0.25) is 0 Å². The van der Waals surface area contributed by atoms with Crippen LogP contribution in [0.1, 0.15) is 38.1 Å². The zero-order chi connectivity index (χ0) is 11.8. The number of aliphatic hydroxyl groups is 1. The van der Waals surface area contributed by atoms with E-state index in [4.69, 9.17) is 9.84 Å². The van der Waals surface area contributed by atoms with Crippen LogP contribution in [0.25, 0.3) is 0 Å². The number of hydrogen-bond donors (Lipinski definition) is 1. The molecule has 1 rings (SSSR count). The highest BCUT2D eigenvalue weighted by atomic mass is 16.5. The molecule has 5 nitrogen and oxygen atoms in total. The topological polar surface area (TPSA) is 60.2 Å². The normalized spacial score (nSPS) is 10.9. The molecule has 0 bridgehead atoms. The average molecular weight is 227 g/mol. The Balaban J connectivity index is 2.53. The van der Waals surface area contributed by atoms with E-state index in [1.165, 1.54) is 0 Å². The van der Waals surface area contributed by atoms with Crippen molar-refractivity contribution >= 4 is 0 Å². The molecule has 0 unspecified atom stereocenters. The maximum absolute atomic E-state index is 9.13. The van der Waals surface area contributed by atoms with Gasteiger partial charge in [-0.2, -0.15) is 0 Å². The molecule has 0 aromatic carbocycles. The second-order valence-corrected chi connectivity index (χ2v) is 3.66. The molecule has 0 saturated heterocycles.